The van der Waals surface area contributed by atoms with Crippen LogP contribution in [0.25, 0.3) is 10.9 Å². The number of fused-ring (bicyclic) bond motifs is 1. The molecule has 1 aliphatic rings. The van der Waals surface area contributed by atoms with Crippen LogP contribution in [-0.2, 0) is 6.42 Å². The van der Waals surface area contributed by atoms with Gasteiger partial charge in [-0.3, -0.25) is 0 Å². The molecule has 0 spiro atoms. The third-order valence-electron chi connectivity index (χ3n) is 6.48. The predicted octanol–water partition coefficient (Wildman–Crippen LogP) is 6.16. The average Bonchev–Trinajstić information content (AvgIpc) is 2.83. The average molecular weight is 566 g/mol. The number of nitrogens with zero attached hydrogens (tertiary/aromatic N) is 3. The Hall–Kier alpha value is -2.59. The number of rotatable bonds is 9. The van der Waals surface area contributed by atoms with Gasteiger partial charge in [0.15, 0.2) is 0 Å². The number of halogens is 4. The largest absolute Gasteiger partial charge is 0.573 e. The Morgan fingerprint density at radius 3 is 2.53 bits per heavy atom. The Labute approximate surface area is 217 Å². The molecule has 194 valence electrons. The monoisotopic (exact) mass is 565 g/mol. The second-order valence-electron chi connectivity index (χ2n) is 9.38. The van der Waals surface area contributed by atoms with Crippen molar-refractivity contribution in [1.82, 2.24) is 15.3 Å². The highest BCUT2D eigenvalue weighted by atomic mass is 79.9. The zero-order valence-corrected chi connectivity index (χ0v) is 22.0. The molecule has 1 aromatic heterocycles. The van der Waals surface area contributed by atoms with Crippen molar-refractivity contribution in [2.45, 2.75) is 44.5 Å². The van der Waals surface area contributed by atoms with Gasteiger partial charge in [-0.1, -0.05) is 34.1 Å². The second kappa shape index (κ2) is 11.6. The molecule has 1 fully saturated rings. The molecule has 10 heteroatoms. The SMILES string of the molecule is CN(C)c1nc(NCC2CCC(NCCc3ccc(Br)cc3OC(F)(F)F)CC2)nc2ccccc12. The Bertz CT molecular complexity index is 1170. The lowest BCUT2D eigenvalue weighted by Crippen LogP contribution is -2.35. The number of para-hydroxylation sites is 1. The van der Waals surface area contributed by atoms with E-state index in [-0.39, 0.29) is 5.75 Å². The molecule has 0 radical (unpaired) electrons. The standard InChI is InChI=1S/C26H31BrF3N5O/c1-35(2)24-21-5-3-4-6-22(21)33-25(34-24)32-16-17-7-11-20(12-8-17)31-14-13-18-9-10-19(27)15-23(18)36-26(28,29)30/h3-6,9-10,15,17,20,31H,7-8,11-14,16H2,1-2H3,(H,32,33,34). The summed E-state index contributed by atoms with van der Waals surface area (Å²) in [5.74, 6) is 1.91. The van der Waals surface area contributed by atoms with Gasteiger partial charge in [0.25, 0.3) is 0 Å². The van der Waals surface area contributed by atoms with E-state index >= 15 is 0 Å². The van der Waals surface area contributed by atoms with Gasteiger partial charge in [-0.25, -0.2) is 4.98 Å². The molecule has 0 bridgehead atoms. The van der Waals surface area contributed by atoms with Crippen molar-refractivity contribution in [3.05, 3.63) is 52.5 Å². The number of benzene rings is 2. The van der Waals surface area contributed by atoms with E-state index in [0.29, 0.717) is 40.9 Å². The third kappa shape index (κ3) is 7.22. The van der Waals surface area contributed by atoms with E-state index in [9.17, 15) is 13.2 Å². The molecule has 1 heterocycles. The molecular weight excluding hydrogens is 535 g/mol. The molecule has 0 aliphatic heterocycles. The molecule has 0 saturated heterocycles. The van der Waals surface area contributed by atoms with E-state index < -0.39 is 6.36 Å². The minimum atomic E-state index is -4.71. The van der Waals surface area contributed by atoms with Crippen LogP contribution in [0.1, 0.15) is 31.2 Å². The molecule has 2 aromatic carbocycles. The van der Waals surface area contributed by atoms with Gasteiger partial charge in [0.1, 0.15) is 11.6 Å². The highest BCUT2D eigenvalue weighted by molar-refractivity contribution is 9.10. The van der Waals surface area contributed by atoms with E-state index in [0.717, 1.165) is 48.9 Å². The summed E-state index contributed by atoms with van der Waals surface area (Å²) >= 11 is 3.21. The summed E-state index contributed by atoms with van der Waals surface area (Å²) in [5.41, 5.74) is 1.45. The third-order valence-corrected chi connectivity index (χ3v) is 6.98. The lowest BCUT2D eigenvalue weighted by molar-refractivity contribution is -0.274. The first-order valence-electron chi connectivity index (χ1n) is 12.1. The van der Waals surface area contributed by atoms with Crippen molar-refractivity contribution < 1.29 is 17.9 Å². The van der Waals surface area contributed by atoms with Gasteiger partial charge in [0, 0.05) is 36.5 Å². The second-order valence-corrected chi connectivity index (χ2v) is 10.3. The quantitative estimate of drug-likeness (QED) is 0.324. The first-order valence-corrected chi connectivity index (χ1v) is 12.9. The van der Waals surface area contributed by atoms with Crippen LogP contribution in [0.15, 0.2) is 46.9 Å². The van der Waals surface area contributed by atoms with Crippen LogP contribution in [0.3, 0.4) is 0 Å². The number of nitrogens with one attached hydrogen (secondary N) is 2. The molecule has 4 rings (SSSR count). The Morgan fingerprint density at radius 1 is 1.06 bits per heavy atom. The number of anilines is 2. The van der Waals surface area contributed by atoms with Crippen LogP contribution in [0.4, 0.5) is 24.9 Å². The van der Waals surface area contributed by atoms with Crippen LogP contribution in [0, 0.1) is 5.92 Å². The Kier molecular flexibility index (Phi) is 8.56. The van der Waals surface area contributed by atoms with E-state index in [1.165, 1.54) is 6.07 Å². The van der Waals surface area contributed by atoms with E-state index in [1.54, 1.807) is 12.1 Å². The van der Waals surface area contributed by atoms with Gasteiger partial charge in [-0.05, 0) is 74.4 Å². The van der Waals surface area contributed by atoms with Crippen LogP contribution in [-0.4, -0.2) is 49.6 Å². The molecule has 2 N–H and O–H groups in total. The summed E-state index contributed by atoms with van der Waals surface area (Å²) in [6, 6.07) is 13.1. The Balaban J connectivity index is 1.24. The van der Waals surface area contributed by atoms with Crippen molar-refractivity contribution in [2.24, 2.45) is 5.92 Å². The maximum Gasteiger partial charge on any atom is 0.573 e. The summed E-state index contributed by atoms with van der Waals surface area (Å²) in [5, 5.41) is 7.97. The fourth-order valence-electron chi connectivity index (χ4n) is 4.65. The minimum Gasteiger partial charge on any atom is -0.405 e. The van der Waals surface area contributed by atoms with Crippen LogP contribution in [0.2, 0.25) is 0 Å². The van der Waals surface area contributed by atoms with Crippen molar-refractivity contribution in [2.75, 3.05) is 37.4 Å². The van der Waals surface area contributed by atoms with Crippen molar-refractivity contribution >= 4 is 38.6 Å². The predicted molar refractivity (Wildman–Crippen MR) is 141 cm³/mol. The van der Waals surface area contributed by atoms with Crippen LogP contribution < -0.4 is 20.3 Å². The first-order chi connectivity index (χ1) is 17.2. The summed E-state index contributed by atoms with van der Waals surface area (Å²) in [6.07, 6.45) is -0.0474. The maximum atomic E-state index is 12.7. The topological polar surface area (TPSA) is 62.3 Å². The summed E-state index contributed by atoms with van der Waals surface area (Å²) in [6.45, 7) is 1.41. The summed E-state index contributed by atoms with van der Waals surface area (Å²) in [7, 11) is 3.96. The maximum absolute atomic E-state index is 12.7. The molecule has 3 aromatic rings. The molecule has 0 atom stereocenters. The molecule has 0 amide bonds. The fraction of sp³-hybridized carbons (Fsp3) is 0.462. The van der Waals surface area contributed by atoms with Crippen molar-refractivity contribution in [1.29, 1.82) is 0 Å². The summed E-state index contributed by atoms with van der Waals surface area (Å²) < 4.78 is 42.9. The van der Waals surface area contributed by atoms with Gasteiger partial charge >= 0.3 is 6.36 Å². The van der Waals surface area contributed by atoms with Crippen LogP contribution >= 0.6 is 15.9 Å². The number of ether oxygens (including phenoxy) is 1. The number of aromatic nitrogens is 2. The van der Waals surface area contributed by atoms with E-state index in [4.69, 9.17) is 4.98 Å². The number of hydrogen-bond donors (Lipinski definition) is 2. The van der Waals surface area contributed by atoms with Gasteiger partial charge < -0.3 is 20.3 Å². The van der Waals surface area contributed by atoms with Gasteiger partial charge in [0.05, 0.1) is 5.52 Å². The van der Waals surface area contributed by atoms with Crippen molar-refractivity contribution in [3.8, 4) is 5.75 Å². The molecular formula is C26H31BrF3N5O. The lowest BCUT2D eigenvalue weighted by Gasteiger charge is -2.29. The van der Waals surface area contributed by atoms with E-state index in [1.807, 2.05) is 43.3 Å². The zero-order chi connectivity index (χ0) is 25.7. The van der Waals surface area contributed by atoms with Crippen molar-refractivity contribution in [3.63, 3.8) is 0 Å². The zero-order valence-electron chi connectivity index (χ0n) is 20.4. The smallest absolute Gasteiger partial charge is 0.405 e. The highest BCUT2D eigenvalue weighted by Gasteiger charge is 2.32. The molecule has 1 saturated carbocycles. The number of hydrogen-bond acceptors (Lipinski definition) is 6. The van der Waals surface area contributed by atoms with Crippen LogP contribution in [0.5, 0.6) is 5.75 Å². The highest BCUT2D eigenvalue weighted by Crippen LogP contribution is 2.30. The molecule has 36 heavy (non-hydrogen) atoms. The Morgan fingerprint density at radius 2 is 1.81 bits per heavy atom. The minimum absolute atomic E-state index is 0.151. The fourth-order valence-corrected chi connectivity index (χ4v) is 4.99. The van der Waals surface area contributed by atoms with Gasteiger partial charge in [-0.2, -0.15) is 4.98 Å². The normalized spacial score (nSPS) is 18.3. The summed E-state index contributed by atoms with van der Waals surface area (Å²) in [4.78, 5) is 11.4. The molecule has 6 nitrogen and oxygen atoms in total. The van der Waals surface area contributed by atoms with Gasteiger partial charge in [0.2, 0.25) is 5.95 Å². The van der Waals surface area contributed by atoms with E-state index in [2.05, 4.69) is 36.3 Å². The first kappa shape index (κ1) is 26.5. The molecule has 0 unspecified atom stereocenters. The number of alkyl halides is 3. The molecule has 1 aliphatic carbocycles. The lowest BCUT2D eigenvalue weighted by atomic mass is 9.86. The van der Waals surface area contributed by atoms with Gasteiger partial charge in [-0.15, -0.1) is 13.2 Å².